The van der Waals surface area contributed by atoms with E-state index >= 15 is 0 Å². The monoisotopic (exact) mass is 249 g/mol. The molecule has 4 heteroatoms. The molecule has 2 atom stereocenters. The van der Waals surface area contributed by atoms with Gasteiger partial charge in [0.05, 0.1) is 29.3 Å². The van der Waals surface area contributed by atoms with Crippen molar-refractivity contribution in [2.75, 3.05) is 18.0 Å². The van der Waals surface area contributed by atoms with Crippen molar-refractivity contribution in [2.45, 2.75) is 45.4 Å². The topological polar surface area (TPSA) is 51.4 Å². The summed E-state index contributed by atoms with van der Waals surface area (Å²) >= 11 is 0. The van der Waals surface area contributed by atoms with Crippen molar-refractivity contribution >= 4 is 5.69 Å². The molecule has 0 saturated carbocycles. The van der Waals surface area contributed by atoms with Gasteiger partial charge in [0.2, 0.25) is 0 Å². The standard InChI is InChI=1S/C14H23N3O/c1-10-8-17(9-14(3,4)18-10)12-5-6-13(11(2)15)16-7-12/h5-7,10-11H,8-9,15H2,1-4H3. The average molecular weight is 249 g/mol. The van der Waals surface area contributed by atoms with Crippen LogP contribution < -0.4 is 10.6 Å². The number of nitrogens with zero attached hydrogens (tertiary/aromatic N) is 2. The van der Waals surface area contributed by atoms with Crippen LogP contribution >= 0.6 is 0 Å². The highest BCUT2D eigenvalue weighted by Crippen LogP contribution is 2.25. The molecule has 0 spiro atoms. The first-order chi connectivity index (χ1) is 8.37. The van der Waals surface area contributed by atoms with E-state index in [9.17, 15) is 0 Å². The zero-order valence-corrected chi connectivity index (χ0v) is 11.7. The van der Waals surface area contributed by atoms with Crippen LogP contribution in [0.25, 0.3) is 0 Å². The lowest BCUT2D eigenvalue weighted by molar-refractivity contribution is -0.0749. The summed E-state index contributed by atoms with van der Waals surface area (Å²) in [4.78, 5) is 6.74. The fourth-order valence-corrected chi connectivity index (χ4v) is 2.50. The second kappa shape index (κ2) is 4.86. The Morgan fingerprint density at radius 3 is 2.72 bits per heavy atom. The maximum absolute atomic E-state index is 5.91. The highest BCUT2D eigenvalue weighted by molar-refractivity contribution is 5.46. The Labute approximate surface area is 109 Å². The van der Waals surface area contributed by atoms with Gasteiger partial charge in [-0.1, -0.05) is 0 Å². The molecule has 0 aliphatic carbocycles. The molecule has 1 saturated heterocycles. The molecule has 0 amide bonds. The minimum absolute atomic E-state index is 0.0147. The normalized spacial score (nSPS) is 24.9. The van der Waals surface area contributed by atoms with E-state index in [4.69, 9.17) is 10.5 Å². The van der Waals surface area contributed by atoms with Gasteiger partial charge in [-0.15, -0.1) is 0 Å². The second-order valence-electron chi connectivity index (χ2n) is 5.80. The van der Waals surface area contributed by atoms with Crippen LogP contribution in [-0.4, -0.2) is 29.8 Å². The minimum atomic E-state index is -0.114. The molecule has 4 nitrogen and oxygen atoms in total. The number of morpholine rings is 1. The van der Waals surface area contributed by atoms with Gasteiger partial charge in [0.25, 0.3) is 0 Å². The van der Waals surface area contributed by atoms with E-state index in [1.54, 1.807) is 0 Å². The fourth-order valence-electron chi connectivity index (χ4n) is 2.50. The van der Waals surface area contributed by atoms with Crippen LogP contribution in [0, 0.1) is 0 Å². The van der Waals surface area contributed by atoms with Gasteiger partial charge in [0.1, 0.15) is 0 Å². The number of hydrogen-bond donors (Lipinski definition) is 1. The van der Waals surface area contributed by atoms with Crippen molar-refractivity contribution < 1.29 is 4.74 Å². The van der Waals surface area contributed by atoms with Crippen molar-refractivity contribution in [1.29, 1.82) is 0 Å². The predicted octanol–water partition coefficient (Wildman–Crippen LogP) is 2.10. The summed E-state index contributed by atoms with van der Waals surface area (Å²) in [5, 5.41) is 0. The highest BCUT2D eigenvalue weighted by atomic mass is 16.5. The maximum Gasteiger partial charge on any atom is 0.0805 e. The summed E-state index contributed by atoms with van der Waals surface area (Å²) in [5.74, 6) is 0. The van der Waals surface area contributed by atoms with E-state index in [0.29, 0.717) is 0 Å². The molecule has 0 radical (unpaired) electrons. The lowest BCUT2D eigenvalue weighted by atomic mass is 10.0. The van der Waals surface area contributed by atoms with Crippen molar-refractivity contribution in [3.8, 4) is 0 Å². The zero-order valence-electron chi connectivity index (χ0n) is 11.7. The van der Waals surface area contributed by atoms with Crippen LogP contribution in [0.5, 0.6) is 0 Å². The van der Waals surface area contributed by atoms with Gasteiger partial charge in [-0.25, -0.2) is 0 Å². The average Bonchev–Trinajstić information content (AvgIpc) is 2.26. The molecule has 2 N–H and O–H groups in total. The van der Waals surface area contributed by atoms with Gasteiger partial charge < -0.3 is 15.4 Å². The molecule has 2 rings (SSSR count). The Balaban J connectivity index is 2.15. The van der Waals surface area contributed by atoms with E-state index in [-0.39, 0.29) is 17.7 Å². The molecule has 18 heavy (non-hydrogen) atoms. The van der Waals surface area contributed by atoms with E-state index in [1.807, 2.05) is 19.2 Å². The molecular weight excluding hydrogens is 226 g/mol. The van der Waals surface area contributed by atoms with E-state index in [0.717, 1.165) is 24.5 Å². The smallest absolute Gasteiger partial charge is 0.0805 e. The van der Waals surface area contributed by atoms with Crippen LogP contribution in [0.2, 0.25) is 0 Å². The zero-order chi connectivity index (χ0) is 13.3. The Morgan fingerprint density at radius 1 is 1.50 bits per heavy atom. The molecule has 100 valence electrons. The van der Waals surface area contributed by atoms with Crippen LogP contribution in [0.3, 0.4) is 0 Å². The summed E-state index contributed by atoms with van der Waals surface area (Å²) in [7, 11) is 0. The summed E-state index contributed by atoms with van der Waals surface area (Å²) < 4.78 is 5.91. The van der Waals surface area contributed by atoms with Crippen molar-refractivity contribution in [1.82, 2.24) is 4.98 Å². The van der Waals surface area contributed by atoms with Crippen molar-refractivity contribution in [3.63, 3.8) is 0 Å². The Hall–Kier alpha value is -1.13. The number of aromatic nitrogens is 1. The third-order valence-corrected chi connectivity index (χ3v) is 3.17. The fraction of sp³-hybridized carbons (Fsp3) is 0.643. The van der Waals surface area contributed by atoms with Gasteiger partial charge in [0, 0.05) is 19.1 Å². The number of pyridine rings is 1. The van der Waals surface area contributed by atoms with Crippen LogP contribution in [0.1, 0.15) is 39.4 Å². The molecule has 0 aromatic carbocycles. The molecular formula is C14H23N3O. The first-order valence-corrected chi connectivity index (χ1v) is 6.52. The van der Waals surface area contributed by atoms with E-state index in [1.165, 1.54) is 0 Å². The summed E-state index contributed by atoms with van der Waals surface area (Å²) in [5.41, 5.74) is 7.77. The lowest BCUT2D eigenvalue weighted by Gasteiger charge is -2.42. The van der Waals surface area contributed by atoms with Crippen molar-refractivity contribution in [3.05, 3.63) is 24.0 Å². The van der Waals surface area contributed by atoms with Gasteiger partial charge in [0.15, 0.2) is 0 Å². The first-order valence-electron chi connectivity index (χ1n) is 6.52. The molecule has 1 aromatic heterocycles. The van der Waals surface area contributed by atoms with E-state index in [2.05, 4.69) is 36.7 Å². The molecule has 1 aromatic rings. The Morgan fingerprint density at radius 2 is 2.22 bits per heavy atom. The lowest BCUT2D eigenvalue weighted by Crippen LogP contribution is -2.52. The molecule has 2 heterocycles. The third kappa shape index (κ3) is 3.00. The quantitative estimate of drug-likeness (QED) is 0.872. The van der Waals surface area contributed by atoms with Gasteiger partial charge in [-0.2, -0.15) is 0 Å². The van der Waals surface area contributed by atoms with Gasteiger partial charge >= 0.3 is 0 Å². The number of hydrogen-bond acceptors (Lipinski definition) is 4. The summed E-state index contributed by atoms with van der Waals surface area (Å²) in [6.07, 6.45) is 2.15. The summed E-state index contributed by atoms with van der Waals surface area (Å²) in [6, 6.07) is 4.09. The molecule has 1 aliphatic rings. The molecule has 2 unspecified atom stereocenters. The number of anilines is 1. The summed E-state index contributed by atoms with van der Waals surface area (Å²) in [6.45, 7) is 10.1. The number of ether oxygens (including phenoxy) is 1. The number of nitrogens with two attached hydrogens (primary N) is 1. The Kier molecular flexibility index (Phi) is 3.59. The number of rotatable bonds is 2. The third-order valence-electron chi connectivity index (χ3n) is 3.17. The SMILES string of the molecule is CC1CN(c2ccc(C(C)N)nc2)CC(C)(C)O1. The van der Waals surface area contributed by atoms with Gasteiger partial charge in [-0.3, -0.25) is 4.98 Å². The van der Waals surface area contributed by atoms with Crippen LogP contribution in [0.4, 0.5) is 5.69 Å². The second-order valence-corrected chi connectivity index (χ2v) is 5.80. The largest absolute Gasteiger partial charge is 0.369 e. The molecule has 1 fully saturated rings. The van der Waals surface area contributed by atoms with Crippen molar-refractivity contribution in [2.24, 2.45) is 5.73 Å². The van der Waals surface area contributed by atoms with Crippen LogP contribution in [-0.2, 0) is 4.74 Å². The maximum atomic E-state index is 5.91. The predicted molar refractivity (Wildman–Crippen MR) is 73.7 cm³/mol. The van der Waals surface area contributed by atoms with Gasteiger partial charge in [-0.05, 0) is 39.8 Å². The molecule has 0 bridgehead atoms. The Bertz CT molecular complexity index is 400. The van der Waals surface area contributed by atoms with E-state index < -0.39 is 0 Å². The highest BCUT2D eigenvalue weighted by Gasteiger charge is 2.31. The van der Waals surface area contributed by atoms with Crippen LogP contribution in [0.15, 0.2) is 18.3 Å². The first kappa shape index (κ1) is 13.3. The molecule has 1 aliphatic heterocycles. The minimum Gasteiger partial charge on any atom is -0.369 e.